The van der Waals surface area contributed by atoms with Crippen LogP contribution >= 0.6 is 0 Å². The second-order valence-corrected chi connectivity index (χ2v) is 9.94. The van der Waals surface area contributed by atoms with Gasteiger partial charge in [0.2, 0.25) is 0 Å². The van der Waals surface area contributed by atoms with Crippen LogP contribution in [0.5, 0.6) is 0 Å². The van der Waals surface area contributed by atoms with Gasteiger partial charge in [0, 0.05) is 22.4 Å². The summed E-state index contributed by atoms with van der Waals surface area (Å²) in [5.74, 6) is 0. The van der Waals surface area contributed by atoms with E-state index in [1.807, 2.05) is 6.07 Å². The molecule has 32 heavy (non-hydrogen) atoms. The zero-order valence-corrected chi connectivity index (χ0v) is 18.5. The molecule has 0 N–H and O–H groups in total. The van der Waals surface area contributed by atoms with E-state index < -0.39 is 0 Å². The van der Waals surface area contributed by atoms with Gasteiger partial charge in [-0.3, -0.25) is 4.98 Å². The number of hydrogen-bond donors (Lipinski definition) is 0. The van der Waals surface area contributed by atoms with E-state index in [-0.39, 0.29) is 5.41 Å². The maximum Gasteiger partial charge on any atom is 0.101 e. The first-order valence-electron chi connectivity index (χ1n) is 11.0. The molecule has 0 saturated carbocycles. The van der Waals surface area contributed by atoms with Crippen LogP contribution in [0.1, 0.15) is 31.9 Å². The summed E-state index contributed by atoms with van der Waals surface area (Å²) in [7, 11) is 0. The topological polar surface area (TPSA) is 41.1 Å². The van der Waals surface area contributed by atoms with E-state index in [1.165, 1.54) is 32.6 Å². The van der Waals surface area contributed by atoms with Crippen molar-refractivity contribution in [2.45, 2.75) is 27.2 Å². The van der Waals surface area contributed by atoms with Crippen LogP contribution in [0.3, 0.4) is 0 Å². The van der Waals surface area contributed by atoms with Gasteiger partial charge >= 0.3 is 0 Å². The van der Waals surface area contributed by atoms with Crippen LogP contribution in [-0.2, 0) is 6.42 Å². The fraction of sp³-hybridized carbons (Fsp3) is 0.172. The van der Waals surface area contributed by atoms with Crippen molar-refractivity contribution in [3.63, 3.8) is 0 Å². The molecule has 0 aliphatic heterocycles. The summed E-state index contributed by atoms with van der Waals surface area (Å²) in [6.45, 7) is 6.81. The summed E-state index contributed by atoms with van der Waals surface area (Å²) < 4.78 is 2.29. The minimum atomic E-state index is 0.212. The van der Waals surface area contributed by atoms with Crippen molar-refractivity contribution in [3.8, 4) is 6.07 Å². The van der Waals surface area contributed by atoms with Crippen molar-refractivity contribution in [2.75, 3.05) is 0 Å². The first-order valence-corrected chi connectivity index (χ1v) is 11.0. The molecule has 3 heteroatoms. The number of hydrogen-bond acceptors (Lipinski definition) is 2. The number of nitrogens with zero attached hydrogens (tertiary/aromatic N) is 3. The van der Waals surface area contributed by atoms with Crippen LogP contribution in [0.4, 0.5) is 0 Å². The molecule has 0 spiro atoms. The minimum absolute atomic E-state index is 0.212. The van der Waals surface area contributed by atoms with Gasteiger partial charge in [-0.15, -0.1) is 0 Å². The van der Waals surface area contributed by atoms with Crippen molar-refractivity contribution in [3.05, 3.63) is 84.1 Å². The van der Waals surface area contributed by atoms with Crippen molar-refractivity contribution < 1.29 is 0 Å². The van der Waals surface area contributed by atoms with Gasteiger partial charge in [-0.1, -0.05) is 57.2 Å². The molecule has 0 radical (unpaired) electrons. The maximum absolute atomic E-state index is 9.56. The summed E-state index contributed by atoms with van der Waals surface area (Å²) >= 11 is 0. The van der Waals surface area contributed by atoms with Gasteiger partial charge in [0.15, 0.2) is 0 Å². The van der Waals surface area contributed by atoms with Crippen LogP contribution in [0.25, 0.3) is 49.0 Å². The molecule has 0 aliphatic rings. The summed E-state index contributed by atoms with van der Waals surface area (Å²) in [5.41, 5.74) is 6.33. The standard InChI is InChI=1S/C29H23N3/c1-29(2,3)15-18-8-9-22-14-26-23-12-20-6-4-5-7-21(20)13-24(23)28-27(32(26)25(22)10-18)11-19(16-30)17-31-28/h4-14,17H,15H2,1-3H3. The van der Waals surface area contributed by atoms with Crippen molar-refractivity contribution in [1.82, 2.24) is 9.38 Å². The monoisotopic (exact) mass is 413 g/mol. The first-order chi connectivity index (χ1) is 15.4. The Morgan fingerprint density at radius 3 is 2.28 bits per heavy atom. The number of benzene rings is 3. The summed E-state index contributed by atoms with van der Waals surface area (Å²) in [6.07, 6.45) is 2.69. The average Bonchev–Trinajstić information content (AvgIpc) is 3.16. The van der Waals surface area contributed by atoms with E-state index in [0.29, 0.717) is 5.56 Å². The Hall–Kier alpha value is -3.90. The van der Waals surface area contributed by atoms with E-state index in [1.54, 1.807) is 6.20 Å². The third-order valence-electron chi connectivity index (χ3n) is 6.26. The summed E-state index contributed by atoms with van der Waals surface area (Å²) in [6, 6.07) is 26.2. The average molecular weight is 414 g/mol. The molecule has 0 saturated heterocycles. The molecule has 6 aromatic rings. The molecular weight excluding hydrogens is 390 g/mol. The van der Waals surface area contributed by atoms with Crippen molar-refractivity contribution >= 4 is 49.0 Å². The SMILES string of the molecule is CC(C)(C)Cc1ccc2cc3c4cc5ccccc5cc4c4ncc(C#N)cc4n3c2c1. The van der Waals surface area contributed by atoms with Gasteiger partial charge in [0.25, 0.3) is 0 Å². The Morgan fingerprint density at radius 2 is 1.56 bits per heavy atom. The van der Waals surface area contributed by atoms with Crippen molar-refractivity contribution in [2.24, 2.45) is 5.41 Å². The van der Waals surface area contributed by atoms with Gasteiger partial charge in [-0.05, 0) is 58.5 Å². The van der Waals surface area contributed by atoms with E-state index >= 15 is 0 Å². The third kappa shape index (κ3) is 2.84. The van der Waals surface area contributed by atoms with E-state index in [4.69, 9.17) is 4.98 Å². The lowest BCUT2D eigenvalue weighted by Gasteiger charge is -2.18. The lowest BCUT2D eigenvalue weighted by atomic mass is 9.88. The lowest BCUT2D eigenvalue weighted by molar-refractivity contribution is 0.411. The highest BCUT2D eigenvalue weighted by Crippen LogP contribution is 2.36. The lowest BCUT2D eigenvalue weighted by Crippen LogP contribution is -2.08. The fourth-order valence-electron chi connectivity index (χ4n) is 4.97. The summed E-state index contributed by atoms with van der Waals surface area (Å²) in [5, 5.41) is 15.5. The Kier molecular flexibility index (Phi) is 3.85. The molecule has 0 unspecified atom stereocenters. The predicted octanol–water partition coefficient (Wildman–Crippen LogP) is 7.41. The van der Waals surface area contributed by atoms with Crippen LogP contribution in [0, 0.1) is 16.7 Å². The number of pyridine rings is 2. The number of fused-ring (bicyclic) bond motifs is 9. The molecule has 0 atom stereocenters. The molecule has 3 aromatic heterocycles. The predicted molar refractivity (Wildman–Crippen MR) is 133 cm³/mol. The van der Waals surface area contributed by atoms with Crippen molar-refractivity contribution in [1.29, 1.82) is 5.26 Å². The van der Waals surface area contributed by atoms with Gasteiger partial charge < -0.3 is 4.40 Å². The molecule has 0 aliphatic carbocycles. The molecule has 0 bridgehead atoms. The summed E-state index contributed by atoms with van der Waals surface area (Å²) in [4.78, 5) is 4.76. The number of aromatic nitrogens is 2. The molecular formula is C29H23N3. The highest BCUT2D eigenvalue weighted by Gasteiger charge is 2.17. The zero-order valence-electron chi connectivity index (χ0n) is 18.5. The molecule has 3 aromatic carbocycles. The minimum Gasteiger partial charge on any atom is -0.307 e. The van der Waals surface area contributed by atoms with Crippen LogP contribution < -0.4 is 0 Å². The van der Waals surface area contributed by atoms with Gasteiger partial charge in [0.05, 0.1) is 27.6 Å². The number of rotatable bonds is 1. The van der Waals surface area contributed by atoms with Crippen LogP contribution in [-0.4, -0.2) is 9.38 Å². The van der Waals surface area contributed by atoms with E-state index in [0.717, 1.165) is 28.4 Å². The highest BCUT2D eigenvalue weighted by molar-refractivity contribution is 6.17. The Bertz CT molecular complexity index is 1740. The number of nitriles is 1. The molecule has 154 valence electrons. The molecule has 6 rings (SSSR count). The maximum atomic E-state index is 9.56. The largest absolute Gasteiger partial charge is 0.307 e. The molecule has 3 nitrogen and oxygen atoms in total. The normalized spacial score (nSPS) is 12.3. The smallest absolute Gasteiger partial charge is 0.101 e. The second kappa shape index (κ2) is 6.55. The molecule has 3 heterocycles. The van der Waals surface area contributed by atoms with E-state index in [2.05, 4.69) is 91.9 Å². The third-order valence-corrected chi connectivity index (χ3v) is 6.26. The quantitative estimate of drug-likeness (QED) is 0.208. The van der Waals surface area contributed by atoms with E-state index in [9.17, 15) is 5.26 Å². The van der Waals surface area contributed by atoms with Crippen LogP contribution in [0.2, 0.25) is 0 Å². The highest BCUT2D eigenvalue weighted by atomic mass is 14.9. The Balaban J connectivity index is 1.83. The van der Waals surface area contributed by atoms with Crippen LogP contribution in [0.15, 0.2) is 72.9 Å². The van der Waals surface area contributed by atoms with Gasteiger partial charge in [-0.25, -0.2) is 0 Å². The Morgan fingerprint density at radius 1 is 0.812 bits per heavy atom. The Labute approximate surface area is 186 Å². The molecule has 0 amide bonds. The zero-order chi connectivity index (χ0) is 22.0. The second-order valence-electron chi connectivity index (χ2n) is 9.94. The fourth-order valence-corrected chi connectivity index (χ4v) is 4.97. The van der Waals surface area contributed by atoms with Gasteiger partial charge in [0.1, 0.15) is 6.07 Å². The van der Waals surface area contributed by atoms with Gasteiger partial charge in [-0.2, -0.15) is 5.26 Å². The first kappa shape index (κ1) is 18.8. The molecule has 0 fully saturated rings.